The largest absolute Gasteiger partial charge is 0.299 e. The number of benzene rings is 1. The molecular weight excluding hydrogens is 462 g/mol. The lowest BCUT2D eigenvalue weighted by Crippen LogP contribution is -2.27. The Hall–Kier alpha value is -2.43. The van der Waals surface area contributed by atoms with Crippen molar-refractivity contribution in [3.05, 3.63) is 55.3 Å². The number of fused-ring (bicyclic) bond motifs is 1. The monoisotopic (exact) mass is 475 g/mol. The fraction of sp³-hybridized carbons (Fsp3) is 0.167. The Labute approximate surface area is 176 Å². The molecule has 3 aromatic heterocycles. The highest BCUT2D eigenvalue weighted by atomic mass is 79.9. The van der Waals surface area contributed by atoms with Gasteiger partial charge in [-0.3, -0.25) is 19.5 Å². The third kappa shape index (κ3) is 3.62. The van der Waals surface area contributed by atoms with Gasteiger partial charge in [0.05, 0.1) is 11.7 Å². The fourth-order valence-corrected chi connectivity index (χ4v) is 4.75. The molecule has 1 aromatic carbocycles. The van der Waals surface area contributed by atoms with Crippen molar-refractivity contribution in [2.24, 2.45) is 0 Å². The van der Waals surface area contributed by atoms with Gasteiger partial charge in [-0.15, -0.1) is 21.5 Å². The Kier molecular flexibility index (Phi) is 5.09. The number of carbonyl (C=O) groups is 1. The predicted molar refractivity (Wildman–Crippen MR) is 115 cm³/mol. The minimum atomic E-state index is -0.350. The molecule has 28 heavy (non-hydrogen) atoms. The summed E-state index contributed by atoms with van der Waals surface area (Å²) in [5.74, 6) is -0.350. The van der Waals surface area contributed by atoms with Gasteiger partial charge in [-0.25, -0.2) is 4.98 Å². The van der Waals surface area contributed by atoms with Crippen molar-refractivity contribution in [3.63, 3.8) is 0 Å². The molecule has 142 valence electrons. The Bertz CT molecular complexity index is 1240. The first kappa shape index (κ1) is 18.9. The second-order valence-electron chi connectivity index (χ2n) is 6.07. The minimum absolute atomic E-state index is 0.144. The predicted octanol–water partition coefficient (Wildman–Crippen LogP) is 3.99. The second kappa shape index (κ2) is 7.53. The van der Waals surface area contributed by atoms with E-state index in [1.807, 2.05) is 31.2 Å². The molecule has 0 radical (unpaired) electrons. The van der Waals surface area contributed by atoms with E-state index in [2.05, 4.69) is 36.4 Å². The Morgan fingerprint density at radius 3 is 2.61 bits per heavy atom. The van der Waals surface area contributed by atoms with Crippen LogP contribution in [0.2, 0.25) is 0 Å². The van der Waals surface area contributed by atoms with E-state index in [0.29, 0.717) is 15.3 Å². The molecule has 1 amide bonds. The number of amides is 1. The van der Waals surface area contributed by atoms with Crippen molar-refractivity contribution in [2.45, 2.75) is 20.4 Å². The van der Waals surface area contributed by atoms with Gasteiger partial charge in [0.2, 0.25) is 11.0 Å². The first-order valence-corrected chi connectivity index (χ1v) is 10.7. The zero-order chi connectivity index (χ0) is 19.8. The van der Waals surface area contributed by atoms with E-state index in [-0.39, 0.29) is 18.0 Å². The number of halogens is 1. The molecule has 0 spiro atoms. The van der Waals surface area contributed by atoms with Gasteiger partial charge in [-0.1, -0.05) is 39.4 Å². The van der Waals surface area contributed by atoms with Crippen LogP contribution in [0.3, 0.4) is 0 Å². The molecule has 0 atom stereocenters. The number of nitrogens with one attached hydrogen (secondary N) is 1. The van der Waals surface area contributed by atoms with Crippen molar-refractivity contribution in [3.8, 4) is 11.1 Å². The highest BCUT2D eigenvalue weighted by molar-refractivity contribution is 9.10. The van der Waals surface area contributed by atoms with Crippen LogP contribution >= 0.6 is 38.6 Å². The minimum Gasteiger partial charge on any atom is -0.299 e. The summed E-state index contributed by atoms with van der Waals surface area (Å²) in [4.78, 5) is 31.5. The highest BCUT2D eigenvalue weighted by Gasteiger charge is 2.18. The van der Waals surface area contributed by atoms with Gasteiger partial charge >= 0.3 is 0 Å². The lowest BCUT2D eigenvalue weighted by Gasteiger charge is -2.06. The number of anilines is 1. The summed E-state index contributed by atoms with van der Waals surface area (Å²) in [6.07, 6.45) is 1.41. The van der Waals surface area contributed by atoms with E-state index in [1.165, 1.54) is 33.6 Å². The summed E-state index contributed by atoms with van der Waals surface area (Å²) >= 11 is 6.18. The van der Waals surface area contributed by atoms with Crippen LogP contribution in [0.15, 0.2) is 39.9 Å². The van der Waals surface area contributed by atoms with Crippen molar-refractivity contribution in [1.29, 1.82) is 0 Å². The standard InChI is InChI=1S/C18H14BrN5O2S2/c1-9-14(11-3-5-12(19)6-4-11)15-16(27-9)20-8-24(17(15)26)7-13(25)21-18-23-22-10(2)28-18/h3-6,8H,7H2,1-2H3,(H,21,23,25). The SMILES string of the molecule is Cc1nnc(NC(=O)Cn2cnc3sc(C)c(-c4ccc(Br)cc4)c3c2=O)s1. The molecule has 0 bridgehead atoms. The van der Waals surface area contributed by atoms with Crippen LogP contribution in [0.4, 0.5) is 5.13 Å². The van der Waals surface area contributed by atoms with Gasteiger partial charge in [0.25, 0.3) is 5.56 Å². The van der Waals surface area contributed by atoms with Crippen LogP contribution < -0.4 is 10.9 Å². The molecule has 0 saturated heterocycles. The molecule has 3 heterocycles. The van der Waals surface area contributed by atoms with Gasteiger partial charge in [0.15, 0.2) is 0 Å². The van der Waals surface area contributed by atoms with Crippen molar-refractivity contribution in [1.82, 2.24) is 19.7 Å². The van der Waals surface area contributed by atoms with Gasteiger partial charge in [-0.05, 0) is 31.5 Å². The van der Waals surface area contributed by atoms with E-state index < -0.39 is 0 Å². The molecule has 0 unspecified atom stereocenters. The lowest BCUT2D eigenvalue weighted by molar-refractivity contribution is -0.116. The smallest absolute Gasteiger partial charge is 0.263 e. The van der Waals surface area contributed by atoms with Crippen LogP contribution in [0.25, 0.3) is 21.3 Å². The number of rotatable bonds is 4. The molecule has 7 nitrogen and oxygen atoms in total. The molecule has 1 N–H and O–H groups in total. The summed E-state index contributed by atoms with van der Waals surface area (Å²) < 4.78 is 2.28. The molecule has 4 rings (SSSR count). The number of hydrogen-bond acceptors (Lipinski definition) is 7. The summed E-state index contributed by atoms with van der Waals surface area (Å²) in [5, 5.41) is 12.1. The quantitative estimate of drug-likeness (QED) is 0.481. The van der Waals surface area contributed by atoms with E-state index in [1.54, 1.807) is 6.92 Å². The zero-order valence-electron chi connectivity index (χ0n) is 14.9. The number of thiophene rings is 1. The summed E-state index contributed by atoms with van der Waals surface area (Å²) in [6.45, 7) is 3.63. The molecular formula is C18H14BrN5O2S2. The van der Waals surface area contributed by atoms with Gasteiger partial charge in [-0.2, -0.15) is 0 Å². The zero-order valence-corrected chi connectivity index (χ0v) is 18.1. The van der Waals surface area contributed by atoms with Crippen LogP contribution in [-0.2, 0) is 11.3 Å². The van der Waals surface area contributed by atoms with Crippen LogP contribution in [-0.4, -0.2) is 25.7 Å². The van der Waals surface area contributed by atoms with Crippen LogP contribution in [0.5, 0.6) is 0 Å². The van der Waals surface area contributed by atoms with Crippen molar-refractivity contribution >= 4 is 59.9 Å². The number of nitrogens with zero attached hydrogens (tertiary/aromatic N) is 4. The van der Waals surface area contributed by atoms with Crippen molar-refractivity contribution < 1.29 is 4.79 Å². The number of aryl methyl sites for hydroxylation is 2. The summed E-state index contributed by atoms with van der Waals surface area (Å²) in [6, 6.07) is 7.79. The molecule has 10 heteroatoms. The maximum absolute atomic E-state index is 13.1. The van der Waals surface area contributed by atoms with Crippen molar-refractivity contribution in [2.75, 3.05) is 5.32 Å². The maximum Gasteiger partial charge on any atom is 0.263 e. The van der Waals surface area contributed by atoms with Gasteiger partial charge < -0.3 is 0 Å². The molecule has 0 aliphatic rings. The molecule has 0 aliphatic heterocycles. The molecule has 0 fully saturated rings. The number of aromatic nitrogens is 4. The number of hydrogen-bond donors (Lipinski definition) is 1. The maximum atomic E-state index is 13.1. The second-order valence-corrected chi connectivity index (χ2v) is 9.37. The van der Waals surface area contributed by atoms with Gasteiger partial charge in [0, 0.05) is 14.9 Å². The number of carbonyl (C=O) groups excluding carboxylic acids is 1. The first-order valence-electron chi connectivity index (χ1n) is 8.27. The Morgan fingerprint density at radius 2 is 1.93 bits per heavy atom. The lowest BCUT2D eigenvalue weighted by atomic mass is 10.0. The van der Waals surface area contributed by atoms with Crippen LogP contribution in [0, 0.1) is 13.8 Å². The van der Waals surface area contributed by atoms with Gasteiger partial charge in [0.1, 0.15) is 16.4 Å². The Balaban J connectivity index is 1.72. The van der Waals surface area contributed by atoms with E-state index >= 15 is 0 Å². The summed E-state index contributed by atoms with van der Waals surface area (Å²) in [5.41, 5.74) is 1.56. The fourth-order valence-electron chi connectivity index (χ4n) is 2.87. The van der Waals surface area contributed by atoms with E-state index in [4.69, 9.17) is 0 Å². The Morgan fingerprint density at radius 1 is 1.18 bits per heavy atom. The van der Waals surface area contributed by atoms with Crippen LogP contribution in [0.1, 0.15) is 9.88 Å². The molecule has 0 aliphatic carbocycles. The average Bonchev–Trinajstić information content (AvgIpc) is 3.21. The summed E-state index contributed by atoms with van der Waals surface area (Å²) in [7, 11) is 0. The third-order valence-corrected chi connectivity index (χ3v) is 6.37. The van der Waals surface area contributed by atoms with E-state index in [0.717, 1.165) is 25.5 Å². The van der Waals surface area contributed by atoms with E-state index in [9.17, 15) is 9.59 Å². The first-order chi connectivity index (χ1) is 13.4. The third-order valence-electron chi connectivity index (χ3n) is 4.07. The average molecular weight is 476 g/mol. The normalized spacial score (nSPS) is 11.1. The molecule has 0 saturated carbocycles. The topological polar surface area (TPSA) is 89.8 Å². The molecule has 4 aromatic rings. The highest BCUT2D eigenvalue weighted by Crippen LogP contribution is 2.35.